The van der Waals surface area contributed by atoms with Crippen molar-refractivity contribution >= 4 is 5.97 Å². The van der Waals surface area contributed by atoms with E-state index in [4.69, 9.17) is 9.47 Å². The fourth-order valence-corrected chi connectivity index (χ4v) is 1.12. The van der Waals surface area contributed by atoms with Crippen molar-refractivity contribution in [3.63, 3.8) is 0 Å². The lowest BCUT2D eigenvalue weighted by molar-refractivity contribution is -0.306. The van der Waals surface area contributed by atoms with Gasteiger partial charge in [0, 0.05) is 5.41 Å². The predicted octanol–water partition coefficient (Wildman–Crippen LogP) is 2.25. The monoisotopic (exact) mass is 226 g/mol. The predicted molar refractivity (Wildman–Crippen MR) is 44.9 cm³/mol. The van der Waals surface area contributed by atoms with Crippen LogP contribution in [0.4, 0.5) is 13.2 Å². The van der Waals surface area contributed by atoms with E-state index in [1.54, 1.807) is 20.8 Å². The van der Waals surface area contributed by atoms with E-state index in [1.165, 1.54) is 0 Å². The van der Waals surface area contributed by atoms with E-state index in [9.17, 15) is 18.0 Å². The molecule has 0 aliphatic carbocycles. The Bertz CT molecular complexity index is 230. The highest BCUT2D eigenvalue weighted by atomic mass is 19.4. The van der Waals surface area contributed by atoms with Crippen LogP contribution < -0.4 is 0 Å². The second-order valence-corrected chi connectivity index (χ2v) is 4.56. The zero-order valence-electron chi connectivity index (χ0n) is 8.72. The minimum atomic E-state index is -4.52. The molecule has 15 heavy (non-hydrogen) atoms. The van der Waals surface area contributed by atoms with Gasteiger partial charge in [-0.15, -0.1) is 0 Å². The lowest BCUT2D eigenvalue weighted by Gasteiger charge is -2.37. The van der Waals surface area contributed by atoms with Crippen LogP contribution >= 0.6 is 0 Å². The zero-order chi connectivity index (χ0) is 11.9. The maximum absolute atomic E-state index is 12.3. The van der Waals surface area contributed by atoms with Gasteiger partial charge in [0.2, 0.25) is 6.29 Å². The van der Waals surface area contributed by atoms with Gasteiger partial charge in [0.15, 0.2) is 6.10 Å². The van der Waals surface area contributed by atoms with Crippen LogP contribution in [0.1, 0.15) is 27.2 Å². The number of carbonyl (C=O) groups is 1. The van der Waals surface area contributed by atoms with Gasteiger partial charge in [-0.2, -0.15) is 13.2 Å². The average Bonchev–Trinajstić information content (AvgIpc) is 1.99. The molecule has 6 heteroatoms. The summed E-state index contributed by atoms with van der Waals surface area (Å²) in [7, 11) is 0. The first kappa shape index (κ1) is 12.3. The van der Waals surface area contributed by atoms with Crippen LogP contribution in [0.15, 0.2) is 0 Å². The number of rotatable bonds is 0. The quantitative estimate of drug-likeness (QED) is 0.594. The highest BCUT2D eigenvalue weighted by Gasteiger charge is 2.49. The number of hydrogen-bond donors (Lipinski definition) is 0. The van der Waals surface area contributed by atoms with Crippen LogP contribution in [0.3, 0.4) is 0 Å². The molecule has 0 bridgehead atoms. The van der Waals surface area contributed by atoms with E-state index in [-0.39, 0.29) is 0 Å². The first-order chi connectivity index (χ1) is 6.60. The van der Waals surface area contributed by atoms with E-state index >= 15 is 0 Å². The lowest BCUT2D eigenvalue weighted by Crippen LogP contribution is -2.48. The van der Waals surface area contributed by atoms with Gasteiger partial charge >= 0.3 is 12.1 Å². The van der Waals surface area contributed by atoms with Gasteiger partial charge in [-0.05, 0) is 0 Å². The Kier molecular flexibility index (Phi) is 3.00. The number of cyclic esters (lactones) is 1. The summed E-state index contributed by atoms with van der Waals surface area (Å²) in [6.07, 6.45) is -8.49. The summed E-state index contributed by atoms with van der Waals surface area (Å²) < 4.78 is 46.5. The number of alkyl halides is 3. The van der Waals surface area contributed by atoms with Crippen LogP contribution in [0, 0.1) is 5.41 Å². The maximum atomic E-state index is 12.3. The van der Waals surface area contributed by atoms with E-state index in [0.717, 1.165) is 0 Å². The summed E-state index contributed by atoms with van der Waals surface area (Å²) in [6, 6.07) is 0. The van der Waals surface area contributed by atoms with Crippen molar-refractivity contribution in [3.05, 3.63) is 0 Å². The van der Waals surface area contributed by atoms with Gasteiger partial charge in [0.1, 0.15) is 0 Å². The molecule has 3 nitrogen and oxygen atoms in total. The molecule has 0 saturated carbocycles. The van der Waals surface area contributed by atoms with Crippen LogP contribution in [-0.4, -0.2) is 24.5 Å². The topological polar surface area (TPSA) is 35.5 Å². The zero-order valence-corrected chi connectivity index (χ0v) is 8.72. The fraction of sp³-hybridized carbons (Fsp3) is 0.889. The van der Waals surface area contributed by atoms with Crippen molar-refractivity contribution in [2.24, 2.45) is 5.41 Å². The van der Waals surface area contributed by atoms with Gasteiger partial charge < -0.3 is 9.47 Å². The molecule has 1 rings (SSSR count). The smallest absolute Gasteiger partial charge is 0.415 e. The SMILES string of the molecule is CC(C)(C)[C@@H]1OC(=O)C[C@H](C(F)(F)F)O1. The molecule has 88 valence electrons. The molecule has 2 atom stereocenters. The molecule has 1 fully saturated rings. The normalized spacial score (nSPS) is 28.8. The second-order valence-electron chi connectivity index (χ2n) is 4.56. The Labute approximate surface area is 85.5 Å². The van der Waals surface area contributed by atoms with E-state index in [2.05, 4.69) is 0 Å². The van der Waals surface area contributed by atoms with Gasteiger partial charge in [-0.25, -0.2) is 0 Å². The molecule has 0 aromatic heterocycles. The van der Waals surface area contributed by atoms with Crippen molar-refractivity contribution in [1.29, 1.82) is 0 Å². The molecule has 0 aromatic carbocycles. The highest BCUT2D eigenvalue weighted by molar-refractivity contribution is 5.70. The minimum Gasteiger partial charge on any atom is -0.435 e. The van der Waals surface area contributed by atoms with Crippen molar-refractivity contribution in [2.45, 2.75) is 45.8 Å². The minimum absolute atomic E-state index is 0.667. The molecule has 0 amide bonds. The molecule has 1 aliphatic rings. The number of esters is 1. The summed E-state index contributed by atoms with van der Waals surface area (Å²) >= 11 is 0. The van der Waals surface area contributed by atoms with E-state index in [0.29, 0.717) is 0 Å². The molecule has 0 N–H and O–H groups in total. The lowest BCUT2D eigenvalue weighted by atomic mass is 9.95. The summed E-state index contributed by atoms with van der Waals surface area (Å²) in [6.45, 7) is 4.93. The third kappa shape index (κ3) is 3.09. The third-order valence-corrected chi connectivity index (χ3v) is 1.95. The average molecular weight is 226 g/mol. The molecule has 0 unspecified atom stereocenters. The van der Waals surface area contributed by atoms with Crippen LogP contribution in [0.25, 0.3) is 0 Å². The van der Waals surface area contributed by atoms with Crippen molar-refractivity contribution in [1.82, 2.24) is 0 Å². The van der Waals surface area contributed by atoms with Crippen molar-refractivity contribution < 1.29 is 27.4 Å². The largest absolute Gasteiger partial charge is 0.435 e. The van der Waals surface area contributed by atoms with Gasteiger partial charge in [0.05, 0.1) is 6.42 Å². The first-order valence-corrected chi connectivity index (χ1v) is 4.52. The molecule has 1 heterocycles. The number of carbonyl (C=O) groups excluding carboxylic acids is 1. The van der Waals surface area contributed by atoms with Crippen molar-refractivity contribution in [2.75, 3.05) is 0 Å². The van der Waals surface area contributed by atoms with Crippen LogP contribution in [-0.2, 0) is 14.3 Å². The number of hydrogen-bond acceptors (Lipinski definition) is 3. The molecular weight excluding hydrogens is 213 g/mol. The molecule has 1 aliphatic heterocycles. The summed E-state index contributed by atoms with van der Waals surface area (Å²) in [5, 5.41) is 0. The Morgan fingerprint density at radius 2 is 1.80 bits per heavy atom. The highest BCUT2D eigenvalue weighted by Crippen LogP contribution is 2.35. The Morgan fingerprint density at radius 1 is 1.27 bits per heavy atom. The second kappa shape index (κ2) is 3.66. The molecular formula is C9H13F3O3. The number of halogens is 3. The van der Waals surface area contributed by atoms with E-state index < -0.39 is 36.4 Å². The maximum Gasteiger partial charge on any atom is 0.415 e. The first-order valence-electron chi connectivity index (χ1n) is 4.52. The van der Waals surface area contributed by atoms with Gasteiger partial charge in [-0.3, -0.25) is 4.79 Å². The third-order valence-electron chi connectivity index (χ3n) is 1.95. The van der Waals surface area contributed by atoms with Gasteiger partial charge in [0.25, 0.3) is 0 Å². The van der Waals surface area contributed by atoms with Crippen LogP contribution in [0.2, 0.25) is 0 Å². The van der Waals surface area contributed by atoms with E-state index in [1.807, 2.05) is 0 Å². The van der Waals surface area contributed by atoms with Crippen molar-refractivity contribution in [3.8, 4) is 0 Å². The fourth-order valence-electron chi connectivity index (χ4n) is 1.12. The number of ether oxygens (including phenoxy) is 2. The molecule has 0 radical (unpaired) electrons. The summed E-state index contributed by atoms with van der Waals surface area (Å²) in [4.78, 5) is 11.0. The van der Waals surface area contributed by atoms with Crippen LogP contribution in [0.5, 0.6) is 0 Å². The summed E-state index contributed by atoms with van der Waals surface area (Å²) in [5.74, 6) is -0.872. The standard InChI is InChI=1S/C9H13F3O3/c1-8(2,3)7-14-5(9(10,11)12)4-6(13)15-7/h5,7H,4H2,1-3H3/t5-,7+/m1/s1. The van der Waals surface area contributed by atoms with Gasteiger partial charge in [-0.1, -0.05) is 20.8 Å². The Morgan fingerprint density at radius 3 is 2.20 bits per heavy atom. The molecule has 1 saturated heterocycles. The summed E-state index contributed by atoms with van der Waals surface area (Å²) in [5.41, 5.74) is -0.667. The molecule has 0 aromatic rings. The molecule has 0 spiro atoms. The Hall–Kier alpha value is -0.780. The Balaban J connectivity index is 2.77.